The minimum absolute atomic E-state index is 0.171. The van der Waals surface area contributed by atoms with Gasteiger partial charge in [-0.25, -0.2) is 4.68 Å². The molecule has 4 heteroatoms. The molecule has 0 fully saturated rings. The Labute approximate surface area is 92.9 Å². The van der Waals surface area contributed by atoms with Gasteiger partial charge in [-0.3, -0.25) is 0 Å². The highest BCUT2D eigenvalue weighted by Gasteiger charge is 2.14. The summed E-state index contributed by atoms with van der Waals surface area (Å²) >= 11 is 6.06. The zero-order valence-electron chi connectivity index (χ0n) is 8.53. The monoisotopic (exact) mass is 222 g/mol. The maximum Gasteiger partial charge on any atom is 0.212 e. The van der Waals surface area contributed by atoms with Crippen molar-refractivity contribution < 1.29 is 5.11 Å². The van der Waals surface area contributed by atoms with E-state index in [0.717, 1.165) is 16.8 Å². The first-order valence-electron chi connectivity index (χ1n) is 4.58. The quantitative estimate of drug-likeness (QED) is 0.806. The second kappa shape index (κ2) is 3.59. The van der Waals surface area contributed by atoms with Crippen molar-refractivity contribution in [2.45, 2.75) is 6.92 Å². The number of hydrogen-bond donors (Lipinski definition) is 1. The van der Waals surface area contributed by atoms with Crippen LogP contribution in [0.4, 0.5) is 0 Å². The standard InChI is InChI=1S/C11H11ClN2O/c1-7-10(13-14(2)11(7)15)8-5-3-4-6-9(8)12/h3-6,15H,1-2H3. The predicted molar refractivity (Wildman–Crippen MR) is 60.1 cm³/mol. The van der Waals surface area contributed by atoms with Crippen molar-refractivity contribution in [3.05, 3.63) is 34.9 Å². The van der Waals surface area contributed by atoms with Gasteiger partial charge in [-0.15, -0.1) is 0 Å². The molecule has 2 aromatic rings. The van der Waals surface area contributed by atoms with Crippen LogP contribution >= 0.6 is 11.6 Å². The molecule has 0 radical (unpaired) electrons. The molecule has 0 amide bonds. The minimum Gasteiger partial charge on any atom is -0.493 e. The maximum atomic E-state index is 9.64. The average Bonchev–Trinajstić information content (AvgIpc) is 2.47. The van der Waals surface area contributed by atoms with Gasteiger partial charge in [0, 0.05) is 18.2 Å². The molecule has 0 atom stereocenters. The van der Waals surface area contributed by atoms with Crippen LogP contribution in [0.2, 0.25) is 5.02 Å². The van der Waals surface area contributed by atoms with Crippen molar-refractivity contribution in [2.24, 2.45) is 7.05 Å². The summed E-state index contributed by atoms with van der Waals surface area (Å²) in [6, 6.07) is 7.45. The summed E-state index contributed by atoms with van der Waals surface area (Å²) in [5.41, 5.74) is 2.30. The van der Waals surface area contributed by atoms with Crippen molar-refractivity contribution in [1.82, 2.24) is 9.78 Å². The molecule has 0 aliphatic heterocycles. The first-order valence-corrected chi connectivity index (χ1v) is 4.96. The van der Waals surface area contributed by atoms with Gasteiger partial charge in [0.15, 0.2) is 0 Å². The lowest BCUT2D eigenvalue weighted by molar-refractivity contribution is 0.416. The Bertz CT molecular complexity index is 505. The Balaban J connectivity index is 2.65. The summed E-state index contributed by atoms with van der Waals surface area (Å²) in [6.45, 7) is 1.82. The van der Waals surface area contributed by atoms with Crippen LogP contribution in [0, 0.1) is 6.92 Å². The van der Waals surface area contributed by atoms with Crippen molar-refractivity contribution in [2.75, 3.05) is 0 Å². The van der Waals surface area contributed by atoms with E-state index in [-0.39, 0.29) is 5.88 Å². The second-order valence-corrected chi connectivity index (χ2v) is 3.81. The molecule has 0 bridgehead atoms. The zero-order chi connectivity index (χ0) is 11.0. The lowest BCUT2D eigenvalue weighted by atomic mass is 10.1. The highest BCUT2D eigenvalue weighted by atomic mass is 35.5. The average molecular weight is 223 g/mol. The zero-order valence-corrected chi connectivity index (χ0v) is 9.28. The number of rotatable bonds is 1. The molecule has 0 spiro atoms. The summed E-state index contributed by atoms with van der Waals surface area (Å²) in [5, 5.41) is 14.5. The van der Waals surface area contributed by atoms with Crippen molar-refractivity contribution in [1.29, 1.82) is 0 Å². The van der Waals surface area contributed by atoms with E-state index < -0.39 is 0 Å². The summed E-state index contributed by atoms with van der Waals surface area (Å²) in [6.07, 6.45) is 0. The molecule has 0 aliphatic carbocycles. The first-order chi connectivity index (χ1) is 7.11. The molecule has 2 rings (SSSR count). The molecular weight excluding hydrogens is 212 g/mol. The number of benzene rings is 1. The smallest absolute Gasteiger partial charge is 0.212 e. The Hall–Kier alpha value is -1.48. The summed E-state index contributed by atoms with van der Waals surface area (Å²) < 4.78 is 1.44. The van der Waals surface area contributed by atoms with E-state index in [1.165, 1.54) is 4.68 Å². The summed E-state index contributed by atoms with van der Waals surface area (Å²) in [5.74, 6) is 0.171. The fourth-order valence-corrected chi connectivity index (χ4v) is 1.76. The van der Waals surface area contributed by atoms with Crippen LogP contribution < -0.4 is 0 Å². The molecular formula is C11H11ClN2O. The Kier molecular flexibility index (Phi) is 2.40. The number of halogens is 1. The predicted octanol–water partition coefficient (Wildman–Crippen LogP) is 2.75. The topological polar surface area (TPSA) is 38.0 Å². The highest BCUT2D eigenvalue weighted by Crippen LogP contribution is 2.32. The lowest BCUT2D eigenvalue weighted by Gasteiger charge is -2.00. The molecule has 0 saturated carbocycles. The number of hydrogen-bond acceptors (Lipinski definition) is 2. The third-order valence-corrected chi connectivity index (χ3v) is 2.71. The van der Waals surface area contributed by atoms with Crippen LogP contribution in [-0.2, 0) is 7.05 Å². The van der Waals surface area contributed by atoms with Crippen molar-refractivity contribution in [3.8, 4) is 17.1 Å². The van der Waals surface area contributed by atoms with Crippen molar-refractivity contribution >= 4 is 11.6 Å². The largest absolute Gasteiger partial charge is 0.493 e. The third-order valence-electron chi connectivity index (χ3n) is 2.38. The highest BCUT2D eigenvalue weighted by molar-refractivity contribution is 6.33. The van der Waals surface area contributed by atoms with Crippen LogP contribution in [0.15, 0.2) is 24.3 Å². The fraction of sp³-hybridized carbons (Fsp3) is 0.182. The molecule has 3 nitrogen and oxygen atoms in total. The van der Waals surface area contributed by atoms with Gasteiger partial charge in [0.1, 0.15) is 5.69 Å². The molecule has 15 heavy (non-hydrogen) atoms. The molecule has 78 valence electrons. The number of aromatic nitrogens is 2. The second-order valence-electron chi connectivity index (χ2n) is 3.40. The van der Waals surface area contributed by atoms with Gasteiger partial charge >= 0.3 is 0 Å². The summed E-state index contributed by atoms with van der Waals surface area (Å²) in [7, 11) is 1.70. The third kappa shape index (κ3) is 1.59. The van der Waals surface area contributed by atoms with Crippen LogP contribution in [0.3, 0.4) is 0 Å². The van der Waals surface area contributed by atoms with E-state index in [2.05, 4.69) is 5.10 Å². The van der Waals surface area contributed by atoms with E-state index in [9.17, 15) is 5.11 Å². The van der Waals surface area contributed by atoms with E-state index in [1.54, 1.807) is 7.05 Å². The number of aromatic hydroxyl groups is 1. The van der Waals surface area contributed by atoms with Crippen LogP contribution in [-0.4, -0.2) is 14.9 Å². The van der Waals surface area contributed by atoms with Crippen LogP contribution in [0.25, 0.3) is 11.3 Å². The normalized spacial score (nSPS) is 10.6. The molecule has 0 aliphatic rings. The Morgan fingerprint density at radius 3 is 2.53 bits per heavy atom. The lowest BCUT2D eigenvalue weighted by Crippen LogP contribution is -1.89. The van der Waals surface area contributed by atoms with Crippen LogP contribution in [0.5, 0.6) is 5.88 Å². The Morgan fingerprint density at radius 1 is 1.33 bits per heavy atom. The number of aryl methyl sites for hydroxylation is 1. The van der Waals surface area contributed by atoms with Crippen molar-refractivity contribution in [3.63, 3.8) is 0 Å². The molecule has 1 heterocycles. The molecule has 1 aromatic heterocycles. The van der Waals surface area contributed by atoms with Gasteiger partial charge in [-0.1, -0.05) is 29.8 Å². The van der Waals surface area contributed by atoms with Gasteiger partial charge in [0.05, 0.1) is 5.02 Å². The number of nitrogens with zero attached hydrogens (tertiary/aromatic N) is 2. The van der Waals surface area contributed by atoms with Gasteiger partial charge in [-0.2, -0.15) is 5.10 Å². The SMILES string of the molecule is Cc1c(-c2ccccc2Cl)nn(C)c1O. The first kappa shape index (κ1) is 10.1. The van der Waals surface area contributed by atoms with E-state index in [4.69, 9.17) is 11.6 Å². The Morgan fingerprint density at radius 2 is 2.00 bits per heavy atom. The van der Waals surface area contributed by atoms with E-state index >= 15 is 0 Å². The van der Waals surface area contributed by atoms with Gasteiger partial charge in [-0.05, 0) is 13.0 Å². The van der Waals surface area contributed by atoms with Gasteiger partial charge < -0.3 is 5.11 Å². The maximum absolute atomic E-state index is 9.64. The minimum atomic E-state index is 0.171. The van der Waals surface area contributed by atoms with Crippen LogP contribution in [0.1, 0.15) is 5.56 Å². The molecule has 0 unspecified atom stereocenters. The summed E-state index contributed by atoms with van der Waals surface area (Å²) in [4.78, 5) is 0. The van der Waals surface area contributed by atoms with Gasteiger partial charge in [0.2, 0.25) is 5.88 Å². The van der Waals surface area contributed by atoms with Gasteiger partial charge in [0.25, 0.3) is 0 Å². The molecule has 0 saturated heterocycles. The van der Waals surface area contributed by atoms with E-state index in [1.807, 2.05) is 31.2 Å². The fourth-order valence-electron chi connectivity index (χ4n) is 1.53. The molecule has 1 aromatic carbocycles. The van der Waals surface area contributed by atoms with E-state index in [0.29, 0.717) is 5.02 Å². The molecule has 1 N–H and O–H groups in total.